The summed E-state index contributed by atoms with van der Waals surface area (Å²) in [5, 5.41) is 3.42. The Morgan fingerprint density at radius 3 is 2.41 bits per heavy atom. The standard InChI is InChI=1S/C15H26N2/c1-16-15(12-13-17(2)3)11-7-10-14-8-5-4-6-9-14/h4-6,8-9,15-16H,7,10-13H2,1-3H3. The van der Waals surface area contributed by atoms with Gasteiger partial charge in [-0.25, -0.2) is 0 Å². The minimum absolute atomic E-state index is 0.654. The van der Waals surface area contributed by atoms with Crippen LogP contribution in [0.2, 0.25) is 0 Å². The van der Waals surface area contributed by atoms with Crippen molar-refractivity contribution in [2.45, 2.75) is 31.7 Å². The molecule has 17 heavy (non-hydrogen) atoms. The van der Waals surface area contributed by atoms with Crippen molar-refractivity contribution in [2.75, 3.05) is 27.7 Å². The first kappa shape index (κ1) is 14.2. The van der Waals surface area contributed by atoms with Crippen LogP contribution in [0.5, 0.6) is 0 Å². The first-order valence-corrected chi connectivity index (χ1v) is 6.58. The van der Waals surface area contributed by atoms with Gasteiger partial charge in [0, 0.05) is 6.04 Å². The fourth-order valence-electron chi connectivity index (χ4n) is 2.04. The highest BCUT2D eigenvalue weighted by Gasteiger charge is 2.06. The third-order valence-electron chi connectivity index (χ3n) is 3.19. The minimum atomic E-state index is 0.654. The van der Waals surface area contributed by atoms with Crippen molar-refractivity contribution < 1.29 is 0 Å². The second-order valence-electron chi connectivity index (χ2n) is 4.96. The molecule has 0 bridgehead atoms. The van der Waals surface area contributed by atoms with Gasteiger partial charge >= 0.3 is 0 Å². The van der Waals surface area contributed by atoms with Crippen LogP contribution in [0.3, 0.4) is 0 Å². The summed E-state index contributed by atoms with van der Waals surface area (Å²) in [7, 11) is 6.34. The van der Waals surface area contributed by atoms with Crippen LogP contribution in [0.4, 0.5) is 0 Å². The van der Waals surface area contributed by atoms with Gasteiger partial charge < -0.3 is 10.2 Å². The van der Waals surface area contributed by atoms with Gasteiger partial charge in [-0.3, -0.25) is 0 Å². The van der Waals surface area contributed by atoms with Gasteiger partial charge in [0.25, 0.3) is 0 Å². The van der Waals surface area contributed by atoms with Crippen LogP contribution in [0, 0.1) is 0 Å². The zero-order chi connectivity index (χ0) is 12.5. The van der Waals surface area contributed by atoms with E-state index in [0.29, 0.717) is 6.04 Å². The Kier molecular flexibility index (Phi) is 6.90. The van der Waals surface area contributed by atoms with E-state index in [-0.39, 0.29) is 0 Å². The third kappa shape index (κ3) is 6.44. The zero-order valence-electron chi connectivity index (χ0n) is 11.4. The molecule has 0 fully saturated rings. The molecule has 1 N–H and O–H groups in total. The summed E-state index contributed by atoms with van der Waals surface area (Å²) >= 11 is 0. The predicted octanol–water partition coefficient (Wildman–Crippen LogP) is 2.55. The monoisotopic (exact) mass is 234 g/mol. The number of aryl methyl sites for hydroxylation is 1. The molecule has 0 saturated heterocycles. The van der Waals surface area contributed by atoms with E-state index < -0.39 is 0 Å². The molecule has 0 radical (unpaired) electrons. The number of rotatable bonds is 8. The Bertz CT molecular complexity index is 282. The second-order valence-corrected chi connectivity index (χ2v) is 4.96. The molecule has 1 aromatic rings. The molecular formula is C15H26N2. The average Bonchev–Trinajstić information content (AvgIpc) is 2.34. The van der Waals surface area contributed by atoms with E-state index in [9.17, 15) is 0 Å². The summed E-state index contributed by atoms with van der Waals surface area (Å²) in [6, 6.07) is 11.4. The third-order valence-corrected chi connectivity index (χ3v) is 3.19. The van der Waals surface area contributed by atoms with E-state index in [2.05, 4.69) is 61.7 Å². The highest BCUT2D eigenvalue weighted by molar-refractivity contribution is 5.14. The molecule has 0 aliphatic heterocycles. The van der Waals surface area contributed by atoms with Crippen molar-refractivity contribution in [2.24, 2.45) is 0 Å². The molecule has 0 aliphatic carbocycles. The second kappa shape index (κ2) is 8.26. The molecule has 0 aliphatic rings. The summed E-state index contributed by atoms with van der Waals surface area (Å²) in [6.45, 7) is 1.16. The van der Waals surface area contributed by atoms with E-state index >= 15 is 0 Å². The van der Waals surface area contributed by atoms with Crippen molar-refractivity contribution in [1.82, 2.24) is 10.2 Å². The Hall–Kier alpha value is -0.860. The highest BCUT2D eigenvalue weighted by Crippen LogP contribution is 2.08. The summed E-state index contributed by atoms with van der Waals surface area (Å²) in [6.07, 6.45) is 4.96. The van der Waals surface area contributed by atoms with Gasteiger partial charge in [0.1, 0.15) is 0 Å². The first-order chi connectivity index (χ1) is 8.22. The molecule has 1 unspecified atom stereocenters. The van der Waals surface area contributed by atoms with Crippen molar-refractivity contribution in [3.63, 3.8) is 0 Å². The molecule has 0 spiro atoms. The molecule has 1 aromatic carbocycles. The van der Waals surface area contributed by atoms with Crippen LogP contribution < -0.4 is 5.32 Å². The highest BCUT2D eigenvalue weighted by atomic mass is 15.1. The molecular weight excluding hydrogens is 208 g/mol. The van der Waals surface area contributed by atoms with Gasteiger partial charge in [-0.1, -0.05) is 30.3 Å². The molecule has 96 valence electrons. The normalized spacial score (nSPS) is 12.9. The topological polar surface area (TPSA) is 15.3 Å². The molecule has 0 heterocycles. The number of hydrogen-bond acceptors (Lipinski definition) is 2. The Labute approximate surface area is 106 Å². The van der Waals surface area contributed by atoms with Crippen LogP contribution in [-0.2, 0) is 6.42 Å². The lowest BCUT2D eigenvalue weighted by molar-refractivity contribution is 0.354. The predicted molar refractivity (Wildman–Crippen MR) is 75.4 cm³/mol. The lowest BCUT2D eigenvalue weighted by atomic mass is 10.0. The fraction of sp³-hybridized carbons (Fsp3) is 0.600. The van der Waals surface area contributed by atoms with Crippen LogP contribution >= 0.6 is 0 Å². The largest absolute Gasteiger partial charge is 0.317 e. The lowest BCUT2D eigenvalue weighted by Gasteiger charge is -2.18. The molecule has 1 atom stereocenters. The van der Waals surface area contributed by atoms with Gasteiger partial charge in [-0.15, -0.1) is 0 Å². The van der Waals surface area contributed by atoms with Crippen molar-refractivity contribution in [1.29, 1.82) is 0 Å². The lowest BCUT2D eigenvalue weighted by Crippen LogP contribution is -2.29. The maximum absolute atomic E-state index is 3.42. The first-order valence-electron chi connectivity index (χ1n) is 6.58. The molecule has 2 nitrogen and oxygen atoms in total. The van der Waals surface area contributed by atoms with E-state index in [4.69, 9.17) is 0 Å². The molecule has 2 heteroatoms. The van der Waals surface area contributed by atoms with E-state index in [1.54, 1.807) is 0 Å². The molecule has 0 aromatic heterocycles. The van der Waals surface area contributed by atoms with Gasteiger partial charge in [-0.05, 0) is 58.9 Å². The number of nitrogens with zero attached hydrogens (tertiary/aromatic N) is 1. The Balaban J connectivity index is 2.19. The van der Waals surface area contributed by atoms with Crippen LogP contribution in [0.15, 0.2) is 30.3 Å². The summed E-state index contributed by atoms with van der Waals surface area (Å²) in [5.74, 6) is 0. The van der Waals surface area contributed by atoms with E-state index in [0.717, 1.165) is 6.54 Å². The maximum atomic E-state index is 3.42. The van der Waals surface area contributed by atoms with Crippen molar-refractivity contribution >= 4 is 0 Å². The minimum Gasteiger partial charge on any atom is -0.317 e. The van der Waals surface area contributed by atoms with Gasteiger partial charge in [0.15, 0.2) is 0 Å². The fourth-order valence-corrected chi connectivity index (χ4v) is 2.04. The van der Waals surface area contributed by atoms with Crippen LogP contribution in [-0.4, -0.2) is 38.6 Å². The van der Waals surface area contributed by atoms with Gasteiger partial charge in [0.05, 0.1) is 0 Å². The van der Waals surface area contributed by atoms with E-state index in [1.165, 1.54) is 31.2 Å². The van der Waals surface area contributed by atoms with E-state index in [1.807, 2.05) is 0 Å². The van der Waals surface area contributed by atoms with Crippen molar-refractivity contribution in [3.05, 3.63) is 35.9 Å². The van der Waals surface area contributed by atoms with Gasteiger partial charge in [-0.2, -0.15) is 0 Å². The Morgan fingerprint density at radius 1 is 1.12 bits per heavy atom. The SMILES string of the molecule is CNC(CCCc1ccccc1)CCN(C)C. The molecule has 1 rings (SSSR count). The van der Waals surface area contributed by atoms with Gasteiger partial charge in [0.2, 0.25) is 0 Å². The van der Waals surface area contributed by atoms with Crippen LogP contribution in [0.1, 0.15) is 24.8 Å². The van der Waals surface area contributed by atoms with Crippen LogP contribution in [0.25, 0.3) is 0 Å². The zero-order valence-corrected chi connectivity index (χ0v) is 11.4. The summed E-state index contributed by atoms with van der Waals surface area (Å²) < 4.78 is 0. The van der Waals surface area contributed by atoms with Crippen molar-refractivity contribution in [3.8, 4) is 0 Å². The number of nitrogens with one attached hydrogen (secondary N) is 1. The Morgan fingerprint density at radius 2 is 1.82 bits per heavy atom. The summed E-state index contributed by atoms with van der Waals surface area (Å²) in [5.41, 5.74) is 1.45. The molecule has 0 amide bonds. The average molecular weight is 234 g/mol. The molecule has 0 saturated carbocycles. The quantitative estimate of drug-likeness (QED) is 0.743. The smallest absolute Gasteiger partial charge is 0.00763 e. The summed E-state index contributed by atoms with van der Waals surface area (Å²) in [4.78, 5) is 2.25. The number of benzene rings is 1. The maximum Gasteiger partial charge on any atom is 0.00763 e. The number of hydrogen-bond donors (Lipinski definition) is 1.